The van der Waals surface area contributed by atoms with Gasteiger partial charge in [0.05, 0.1) is 66.2 Å². The van der Waals surface area contributed by atoms with E-state index in [9.17, 15) is 68.4 Å². The third-order valence-electron chi connectivity index (χ3n) is 21.7. The number of carboxylic acid groups (broad SMARTS) is 2. The number of aromatic nitrogens is 4. The highest BCUT2D eigenvalue weighted by atomic mass is 33.1. The molecular formula is C81H112N16O21S2. The van der Waals surface area contributed by atoms with Crippen LogP contribution in [0.1, 0.15) is 178 Å². The number of H-pyrrole nitrogens is 1. The van der Waals surface area contributed by atoms with Crippen LogP contribution in [0.3, 0.4) is 0 Å². The number of aliphatic carboxylic acids is 2. The quantitative estimate of drug-likeness (QED) is 0.0154. The first kappa shape index (κ1) is 96.2. The van der Waals surface area contributed by atoms with E-state index in [1.165, 1.54) is 35.1 Å². The van der Waals surface area contributed by atoms with Crippen LogP contribution in [-0.4, -0.2) is 225 Å². The number of carbonyl (C=O) groups excluding carboxylic acids is 15. The van der Waals surface area contributed by atoms with Crippen LogP contribution in [0.2, 0.25) is 0 Å². The second-order valence-electron chi connectivity index (χ2n) is 31.1. The standard InChI is InChI=1S/C81H112N16O21S2/c1-3-4-5-14-55(99)24-26-71(108)89-61-43-119-120-44-62-66(103)34-47(13-9-28-87-81(85)118)74(111)91-60(33-53-41-88-58-16-7-6-15-57(53)58)65(102)35-49(21-25-70(82)107)76(113)90-59(64(101)39-52(79(116)117)31-46-19-22-56(100)23-20-46)17-10-29-96-42-54(94-95-96)32-50(37-67(61)104)77(114)93-73(45(2)98)69(106)38-51(40-72(109)110)78(115)97-30-11-18-63(97)68(105)36-48(75(112)92-62)12-8-27-86-80(83)84/h6-7,15-16,19-20,22-23,41-42,45,47-52,59-63,73,88,98,100H,3-5,8-14,17-18,21,24-40,43-44H2,1-2H3,(H2,82,107)(H,89,108)(H,90,113)(H,91,111)(H,92,112)(H,93,114)(H,109,110)(H,116,117)(H4,83,84,86)(H3,85,87,118)/t45-,47-,48-,49-,50-,51+,52-,59+,60+,61+,62+,63+,73+/m1/s1. The monoisotopic (exact) mass is 1710 g/mol. The number of carbonyl (C=O) groups is 17. The van der Waals surface area contributed by atoms with Gasteiger partial charge in [0.15, 0.2) is 40.7 Å². The highest BCUT2D eigenvalue weighted by Gasteiger charge is 2.43. The number of nitrogens with one attached hydrogen (secondary N) is 9. The summed E-state index contributed by atoms with van der Waals surface area (Å²) in [5.41, 5.74) is 18.3. The minimum atomic E-state index is -1.90. The first-order chi connectivity index (χ1) is 57.2. The molecule has 654 valence electrons. The molecule has 2 saturated heterocycles. The predicted octanol–water partition coefficient (Wildman–Crippen LogP) is 2.40. The van der Waals surface area contributed by atoms with E-state index in [-0.39, 0.29) is 133 Å². The van der Waals surface area contributed by atoms with Crippen molar-refractivity contribution < 1.29 is 102 Å². The smallest absolute Gasteiger partial charge is 0.312 e. The van der Waals surface area contributed by atoms with Crippen LogP contribution in [0.15, 0.2) is 60.9 Å². The molecule has 37 nitrogen and oxygen atoms in total. The maximum atomic E-state index is 15.6. The molecule has 0 spiro atoms. The Kier molecular flexibility index (Phi) is 38.7. The Hall–Kier alpha value is -11.0. The lowest BCUT2D eigenvalue weighted by Crippen LogP contribution is -2.52. The number of aryl methyl sites for hydroxylation is 1. The fourth-order valence-electron chi connectivity index (χ4n) is 15.0. The number of fused-ring (bicyclic) bond motifs is 12. The fraction of sp³-hybridized carbons (Fsp3) is 0.580. The Morgan fingerprint density at radius 3 is 1.99 bits per heavy atom. The van der Waals surface area contributed by atoms with Gasteiger partial charge in [-0.25, -0.2) is 4.79 Å². The van der Waals surface area contributed by atoms with Gasteiger partial charge in [-0.1, -0.05) is 76.9 Å². The number of hydrogen-bond donors (Lipinski definition) is 16. The zero-order valence-electron chi connectivity index (χ0n) is 67.5. The number of hydrogen-bond acceptors (Lipinski definition) is 24. The molecule has 7 rings (SSSR count). The number of guanidine groups is 1. The number of aromatic amines is 1. The number of unbranched alkanes of at least 4 members (excludes halogenated alkanes) is 2. The fourth-order valence-corrected chi connectivity index (χ4v) is 17.4. The molecule has 0 radical (unpaired) electrons. The number of ketones is 7. The molecule has 4 aromatic rings. The van der Waals surface area contributed by atoms with Crippen molar-refractivity contribution in [2.45, 2.75) is 230 Å². The SMILES string of the molecule is CCCCCC(=O)CCC(=O)N[C@H]1CSSC[C@@H]2NC(=O)[C@H](CCCNC(=N)N)CC(=O)[C@@H]3CCCN3C(=O)[C@H](CC(=O)O)CC(=O)[C@H]([C@@H](C)O)NC(=O)[C@@H](CC1=O)Cc1cn(nn1)CCC[C@@H](C(=O)C[C@@H](Cc1ccc(O)cc1)C(=O)O)NC(=O)[C@H](CCC(N)=O)CC(=O)[C@H](Cc1c[nH]c3ccccc13)NC(=O)[C@H](CCCNC(N)=O)CC2=O. The molecule has 0 unspecified atom stereocenters. The Balaban J connectivity index is 1.42. The highest BCUT2D eigenvalue weighted by Crippen LogP contribution is 2.32. The second-order valence-corrected chi connectivity index (χ2v) is 33.7. The Morgan fingerprint density at radius 1 is 0.667 bits per heavy atom. The number of aliphatic hydroxyl groups is 1. The first-order valence-electron chi connectivity index (χ1n) is 40.6. The summed E-state index contributed by atoms with van der Waals surface area (Å²) in [7, 11) is 1.83. The molecule has 0 aliphatic carbocycles. The van der Waals surface area contributed by atoms with Crippen molar-refractivity contribution in [3.05, 3.63) is 77.7 Å². The number of aliphatic hydroxyl groups excluding tert-OH is 1. The average Bonchev–Trinajstić information content (AvgIpc) is 1.66. The summed E-state index contributed by atoms with van der Waals surface area (Å²) in [6, 6.07) is 2.19. The number of phenolic OH excluding ortho intramolecular Hbond substituents is 1. The third kappa shape index (κ3) is 31.3. The summed E-state index contributed by atoms with van der Waals surface area (Å²) in [4.78, 5) is 249. The number of nitrogens with zero attached hydrogens (tertiary/aromatic N) is 4. The van der Waals surface area contributed by atoms with Crippen molar-refractivity contribution in [1.82, 2.24) is 62.1 Å². The van der Waals surface area contributed by atoms with Crippen LogP contribution in [0.25, 0.3) is 10.9 Å². The molecular weight excluding hydrogens is 1600 g/mol. The number of amides is 9. The molecule has 0 saturated carbocycles. The Labute approximate surface area is 701 Å². The number of benzene rings is 2. The number of urea groups is 1. The first-order valence-corrected chi connectivity index (χ1v) is 43.1. The molecule has 39 heteroatoms. The Bertz CT molecular complexity index is 4330. The second kappa shape index (κ2) is 48.3. The zero-order chi connectivity index (χ0) is 87.7. The lowest BCUT2D eigenvalue weighted by molar-refractivity contribution is -0.148. The van der Waals surface area contributed by atoms with Crippen molar-refractivity contribution in [2.24, 2.45) is 52.7 Å². The number of rotatable bonds is 30. The van der Waals surface area contributed by atoms with E-state index in [2.05, 4.69) is 52.5 Å². The van der Waals surface area contributed by atoms with Crippen LogP contribution >= 0.6 is 21.6 Å². The number of Topliss-reactive ketones (excluding diaryl/α,β-unsaturated/α-hetero) is 7. The molecule has 2 fully saturated rings. The van der Waals surface area contributed by atoms with Crippen LogP contribution < -0.4 is 54.4 Å². The van der Waals surface area contributed by atoms with Crippen LogP contribution in [-0.2, 0) is 103 Å². The van der Waals surface area contributed by atoms with Crippen molar-refractivity contribution in [3.63, 3.8) is 0 Å². The number of aromatic hydroxyl groups is 1. The van der Waals surface area contributed by atoms with Crippen molar-refractivity contribution in [2.75, 3.05) is 31.1 Å². The van der Waals surface area contributed by atoms with Gasteiger partial charge in [0.2, 0.25) is 41.4 Å². The van der Waals surface area contributed by atoms with Gasteiger partial charge >= 0.3 is 18.0 Å². The summed E-state index contributed by atoms with van der Waals surface area (Å²) >= 11 is 0. The number of para-hydroxylation sites is 1. The molecule has 9 amide bonds. The number of phenols is 1. The van der Waals surface area contributed by atoms with E-state index in [0.29, 0.717) is 28.5 Å². The minimum absolute atomic E-state index is 0.00191. The van der Waals surface area contributed by atoms with Gasteiger partial charge in [0.1, 0.15) is 17.6 Å². The van der Waals surface area contributed by atoms with Gasteiger partial charge < -0.3 is 84.7 Å². The van der Waals surface area contributed by atoms with E-state index in [1.807, 2.05) is 6.92 Å². The van der Waals surface area contributed by atoms with Crippen LogP contribution in [0.5, 0.6) is 5.75 Å². The number of carboxylic acids is 2. The Morgan fingerprint density at radius 2 is 1.32 bits per heavy atom. The molecule has 3 aliphatic rings. The topological polar surface area (TPSA) is 607 Å². The van der Waals surface area contributed by atoms with E-state index in [0.717, 1.165) is 46.3 Å². The van der Waals surface area contributed by atoms with Crippen LogP contribution in [0, 0.1) is 40.9 Å². The van der Waals surface area contributed by atoms with E-state index >= 15 is 33.6 Å². The lowest BCUT2D eigenvalue weighted by atomic mass is 9.88. The average molecular weight is 1710 g/mol. The lowest BCUT2D eigenvalue weighted by Gasteiger charge is -2.30. The summed E-state index contributed by atoms with van der Waals surface area (Å²) in [6.45, 7) is 2.70. The molecule has 120 heavy (non-hydrogen) atoms. The largest absolute Gasteiger partial charge is 0.508 e. The number of nitrogens with two attached hydrogens (primary N) is 3. The summed E-state index contributed by atoms with van der Waals surface area (Å²) in [5, 5.41) is 77.8. The van der Waals surface area contributed by atoms with Gasteiger partial charge in [-0.2, -0.15) is 0 Å². The van der Waals surface area contributed by atoms with Crippen LogP contribution in [0.4, 0.5) is 4.79 Å². The molecule has 3 aliphatic heterocycles. The van der Waals surface area contributed by atoms with Crippen molar-refractivity contribution in [1.29, 1.82) is 5.41 Å². The van der Waals surface area contributed by atoms with Crippen molar-refractivity contribution >= 4 is 138 Å². The third-order valence-corrected chi connectivity index (χ3v) is 24.1. The molecule has 2 aromatic heterocycles. The molecule has 4 bridgehead atoms. The number of primary amides is 2. The van der Waals surface area contributed by atoms with Gasteiger partial charge in [-0.05, 0) is 107 Å². The molecule has 2 aromatic carbocycles. The molecule has 5 heterocycles. The maximum Gasteiger partial charge on any atom is 0.312 e. The van der Waals surface area contributed by atoms with E-state index in [4.69, 9.17) is 22.6 Å². The molecule has 19 N–H and O–H groups in total. The zero-order valence-corrected chi connectivity index (χ0v) is 69.1. The predicted molar refractivity (Wildman–Crippen MR) is 439 cm³/mol. The normalized spacial score (nSPS) is 23.4. The summed E-state index contributed by atoms with van der Waals surface area (Å²) < 4.78 is 1.28. The van der Waals surface area contributed by atoms with Gasteiger partial charge in [0, 0.05) is 156 Å². The van der Waals surface area contributed by atoms with E-state index in [1.54, 1.807) is 30.5 Å². The van der Waals surface area contributed by atoms with Gasteiger partial charge in [-0.3, -0.25) is 86.8 Å². The maximum absolute atomic E-state index is 15.6. The summed E-state index contributed by atoms with van der Waals surface area (Å²) in [6.07, 6.45) is -4.84. The van der Waals surface area contributed by atoms with Gasteiger partial charge in [0.25, 0.3) is 0 Å². The highest BCUT2D eigenvalue weighted by molar-refractivity contribution is 8.76. The minimum Gasteiger partial charge on any atom is -0.508 e. The van der Waals surface area contributed by atoms with Crippen molar-refractivity contribution in [3.8, 4) is 5.75 Å². The molecule has 13 atom stereocenters. The van der Waals surface area contributed by atoms with E-state index < -0.39 is 248 Å². The van der Waals surface area contributed by atoms with Gasteiger partial charge in [-0.15, -0.1) is 5.10 Å². The summed E-state index contributed by atoms with van der Waals surface area (Å²) in [5.74, 6) is -24.9.